The number of benzene rings is 1. The lowest BCUT2D eigenvalue weighted by atomic mass is 9.90. The van der Waals surface area contributed by atoms with Gasteiger partial charge in [-0.25, -0.2) is 0 Å². The van der Waals surface area contributed by atoms with Crippen LogP contribution in [0.25, 0.3) is 0 Å². The first-order valence-electron chi connectivity index (χ1n) is 8.77. The van der Waals surface area contributed by atoms with Crippen LogP contribution in [0, 0.1) is 0 Å². The topological polar surface area (TPSA) is 46.6 Å². The molecule has 1 aliphatic heterocycles. The summed E-state index contributed by atoms with van der Waals surface area (Å²) >= 11 is 0. The van der Waals surface area contributed by atoms with E-state index in [2.05, 4.69) is 0 Å². The fourth-order valence-corrected chi connectivity index (χ4v) is 3.50. The number of rotatable bonds is 3. The predicted octanol–water partition coefficient (Wildman–Crippen LogP) is 3.38. The molecule has 1 aliphatic carbocycles. The summed E-state index contributed by atoms with van der Waals surface area (Å²) in [7, 11) is 0. The van der Waals surface area contributed by atoms with Gasteiger partial charge in [0.15, 0.2) is 11.9 Å². The maximum atomic E-state index is 12.5. The lowest BCUT2D eigenvalue weighted by molar-refractivity contribution is -0.137. The van der Waals surface area contributed by atoms with Gasteiger partial charge in [0.25, 0.3) is 5.91 Å². The number of fused-ring (bicyclic) bond motifs is 1. The van der Waals surface area contributed by atoms with Crippen LogP contribution >= 0.6 is 0 Å². The molecule has 0 bridgehead atoms. The molecule has 0 aromatic heterocycles. The van der Waals surface area contributed by atoms with Gasteiger partial charge in [0.2, 0.25) is 0 Å². The van der Waals surface area contributed by atoms with Gasteiger partial charge in [-0.2, -0.15) is 0 Å². The molecule has 1 unspecified atom stereocenters. The average molecular weight is 315 g/mol. The lowest BCUT2D eigenvalue weighted by Crippen LogP contribution is -2.41. The van der Waals surface area contributed by atoms with E-state index >= 15 is 0 Å². The van der Waals surface area contributed by atoms with Gasteiger partial charge in [-0.15, -0.1) is 0 Å². The van der Waals surface area contributed by atoms with Gasteiger partial charge < -0.3 is 9.64 Å². The maximum absolute atomic E-state index is 12.5. The van der Waals surface area contributed by atoms with E-state index in [9.17, 15) is 9.59 Å². The van der Waals surface area contributed by atoms with Crippen molar-refractivity contribution in [2.24, 2.45) is 0 Å². The highest BCUT2D eigenvalue weighted by Gasteiger charge is 2.24. The Morgan fingerprint density at radius 1 is 1.09 bits per heavy atom. The van der Waals surface area contributed by atoms with Gasteiger partial charge in [-0.1, -0.05) is 12.8 Å². The van der Waals surface area contributed by atoms with Crippen LogP contribution in [0.4, 0.5) is 0 Å². The minimum absolute atomic E-state index is 0.0701. The third-order valence-corrected chi connectivity index (χ3v) is 4.81. The Hall–Kier alpha value is -1.84. The minimum Gasteiger partial charge on any atom is -0.481 e. The van der Waals surface area contributed by atoms with Crippen molar-refractivity contribution in [1.29, 1.82) is 0 Å². The number of hydrogen-bond acceptors (Lipinski definition) is 3. The van der Waals surface area contributed by atoms with Crippen LogP contribution in [0.2, 0.25) is 0 Å². The van der Waals surface area contributed by atoms with Gasteiger partial charge in [0, 0.05) is 25.1 Å². The maximum Gasteiger partial charge on any atom is 0.263 e. The molecular formula is C19H25NO3. The number of ether oxygens (including phenoxy) is 1. The zero-order valence-electron chi connectivity index (χ0n) is 13.8. The third kappa shape index (κ3) is 3.74. The number of Topliss-reactive ketones (excluding diaryl/α,β-unsaturated/α-hetero) is 1. The van der Waals surface area contributed by atoms with Gasteiger partial charge in [-0.05, 0) is 56.4 Å². The summed E-state index contributed by atoms with van der Waals surface area (Å²) in [5.74, 6) is 0.973. The van der Waals surface area contributed by atoms with Gasteiger partial charge >= 0.3 is 0 Å². The molecule has 0 saturated carbocycles. The van der Waals surface area contributed by atoms with Crippen molar-refractivity contribution in [3.05, 3.63) is 29.3 Å². The van der Waals surface area contributed by atoms with Crippen molar-refractivity contribution >= 4 is 11.7 Å². The van der Waals surface area contributed by atoms with Crippen LogP contribution in [-0.2, 0) is 11.2 Å². The van der Waals surface area contributed by atoms with Crippen molar-refractivity contribution in [1.82, 2.24) is 4.90 Å². The molecule has 1 atom stereocenters. The summed E-state index contributed by atoms with van der Waals surface area (Å²) < 4.78 is 5.87. The van der Waals surface area contributed by atoms with Crippen LogP contribution < -0.4 is 4.74 Å². The molecule has 124 valence electrons. The summed E-state index contributed by atoms with van der Waals surface area (Å²) in [5.41, 5.74) is 1.86. The number of amides is 1. The summed E-state index contributed by atoms with van der Waals surface area (Å²) in [6.45, 7) is 3.49. The van der Waals surface area contributed by atoms with E-state index in [4.69, 9.17) is 4.74 Å². The first kappa shape index (κ1) is 16.0. The average Bonchev–Trinajstić information content (AvgIpc) is 2.83. The standard InChI is InChI=1S/C19H25NO3/c1-14(19(22)20-11-4-2-3-5-12-20)23-16-9-10-17-15(13-16)7-6-8-18(17)21/h9-10,13-14H,2-8,11-12H2,1H3. The van der Waals surface area contributed by atoms with E-state index in [0.717, 1.165) is 49.9 Å². The first-order valence-corrected chi connectivity index (χ1v) is 8.77. The zero-order valence-corrected chi connectivity index (χ0v) is 13.8. The molecule has 0 radical (unpaired) electrons. The SMILES string of the molecule is CC(Oc1ccc2c(c1)CCCC2=O)C(=O)N1CCCCCC1. The molecule has 1 amide bonds. The highest BCUT2D eigenvalue weighted by atomic mass is 16.5. The Labute approximate surface area is 137 Å². The molecule has 23 heavy (non-hydrogen) atoms. The molecule has 1 saturated heterocycles. The Morgan fingerprint density at radius 3 is 2.57 bits per heavy atom. The number of likely N-dealkylation sites (tertiary alicyclic amines) is 1. The second kappa shape index (κ2) is 7.16. The summed E-state index contributed by atoms with van der Waals surface area (Å²) in [6, 6.07) is 5.59. The fourth-order valence-electron chi connectivity index (χ4n) is 3.50. The zero-order chi connectivity index (χ0) is 16.2. The van der Waals surface area contributed by atoms with E-state index in [0.29, 0.717) is 12.2 Å². The van der Waals surface area contributed by atoms with E-state index in [1.807, 2.05) is 30.0 Å². The molecule has 0 spiro atoms. The van der Waals surface area contributed by atoms with Gasteiger partial charge in [0.1, 0.15) is 5.75 Å². The van der Waals surface area contributed by atoms with Crippen LogP contribution in [0.3, 0.4) is 0 Å². The lowest BCUT2D eigenvalue weighted by Gasteiger charge is -2.25. The molecule has 3 rings (SSSR count). The monoisotopic (exact) mass is 315 g/mol. The van der Waals surface area contributed by atoms with E-state index in [-0.39, 0.29) is 11.7 Å². The second-order valence-electron chi connectivity index (χ2n) is 6.60. The number of carbonyl (C=O) groups excluding carboxylic acids is 2. The van der Waals surface area contributed by atoms with Gasteiger partial charge in [0.05, 0.1) is 0 Å². The largest absolute Gasteiger partial charge is 0.481 e. The van der Waals surface area contributed by atoms with Crippen molar-refractivity contribution in [2.45, 2.75) is 58.0 Å². The summed E-state index contributed by atoms with van der Waals surface area (Å²) in [5, 5.41) is 0. The smallest absolute Gasteiger partial charge is 0.263 e. The minimum atomic E-state index is -0.481. The second-order valence-corrected chi connectivity index (χ2v) is 6.60. The summed E-state index contributed by atoms with van der Waals surface area (Å²) in [4.78, 5) is 26.3. The quantitative estimate of drug-likeness (QED) is 0.859. The molecule has 2 aliphatic rings. The van der Waals surface area contributed by atoms with Crippen molar-refractivity contribution < 1.29 is 14.3 Å². The highest BCUT2D eigenvalue weighted by molar-refractivity contribution is 5.98. The number of hydrogen-bond donors (Lipinski definition) is 0. The Kier molecular flexibility index (Phi) is 4.99. The molecule has 1 aromatic rings. The molecule has 0 N–H and O–H groups in total. The normalized spacial score (nSPS) is 19.7. The number of nitrogens with zero attached hydrogens (tertiary/aromatic N) is 1. The number of carbonyl (C=O) groups is 2. The third-order valence-electron chi connectivity index (χ3n) is 4.81. The molecule has 1 fully saturated rings. The van der Waals surface area contributed by atoms with Crippen molar-refractivity contribution in [3.8, 4) is 5.75 Å². The van der Waals surface area contributed by atoms with Crippen LogP contribution in [0.15, 0.2) is 18.2 Å². The van der Waals surface area contributed by atoms with E-state index in [1.165, 1.54) is 12.8 Å². The highest BCUT2D eigenvalue weighted by Crippen LogP contribution is 2.26. The molecule has 4 nitrogen and oxygen atoms in total. The van der Waals surface area contributed by atoms with Gasteiger partial charge in [-0.3, -0.25) is 9.59 Å². The van der Waals surface area contributed by atoms with Crippen LogP contribution in [0.5, 0.6) is 5.75 Å². The number of ketones is 1. The molecule has 4 heteroatoms. The molecule has 1 aromatic carbocycles. The Morgan fingerprint density at radius 2 is 1.83 bits per heavy atom. The van der Waals surface area contributed by atoms with Crippen LogP contribution in [0.1, 0.15) is 61.4 Å². The van der Waals surface area contributed by atoms with E-state index < -0.39 is 6.10 Å². The van der Waals surface area contributed by atoms with Crippen molar-refractivity contribution in [2.75, 3.05) is 13.1 Å². The van der Waals surface area contributed by atoms with Crippen molar-refractivity contribution in [3.63, 3.8) is 0 Å². The fraction of sp³-hybridized carbons (Fsp3) is 0.579. The molecular weight excluding hydrogens is 290 g/mol. The van der Waals surface area contributed by atoms with Crippen LogP contribution in [-0.4, -0.2) is 35.8 Å². The summed E-state index contributed by atoms with van der Waals surface area (Å²) in [6.07, 6.45) is 6.54. The first-order chi connectivity index (χ1) is 11.1. The van der Waals surface area contributed by atoms with E-state index in [1.54, 1.807) is 0 Å². The number of aryl methyl sites for hydroxylation is 1. The Balaban J connectivity index is 1.66. The Bertz CT molecular complexity index is 588. The molecule has 1 heterocycles. The predicted molar refractivity (Wildman–Crippen MR) is 88.8 cm³/mol.